The Bertz CT molecular complexity index is 1120. The van der Waals surface area contributed by atoms with Crippen LogP contribution >= 0.6 is 0 Å². The van der Waals surface area contributed by atoms with Gasteiger partial charge in [-0.2, -0.15) is 13.2 Å². The van der Waals surface area contributed by atoms with Gasteiger partial charge in [0.05, 0.1) is 12.2 Å². The molecular formula is C25H25F3N2O4. The molecule has 1 atom stereocenters. The molecule has 0 amide bonds. The van der Waals surface area contributed by atoms with E-state index >= 15 is 0 Å². The topological polar surface area (TPSA) is 81.5 Å². The molecule has 3 rings (SSSR count). The molecule has 0 aliphatic carbocycles. The second-order valence-electron chi connectivity index (χ2n) is 7.86. The summed E-state index contributed by atoms with van der Waals surface area (Å²) in [7, 11) is 0. The van der Waals surface area contributed by atoms with E-state index in [1.165, 1.54) is 12.4 Å². The van der Waals surface area contributed by atoms with Gasteiger partial charge in [0.2, 0.25) is 5.88 Å². The predicted octanol–water partition coefficient (Wildman–Crippen LogP) is 5.72. The largest absolute Gasteiger partial charge is 0.493 e. The van der Waals surface area contributed by atoms with Gasteiger partial charge in [-0.05, 0) is 55.7 Å². The third-order valence-corrected chi connectivity index (χ3v) is 5.18. The first-order valence-electron chi connectivity index (χ1n) is 10.7. The Hall–Kier alpha value is -3.62. The van der Waals surface area contributed by atoms with Gasteiger partial charge in [0, 0.05) is 42.6 Å². The first-order valence-corrected chi connectivity index (χ1v) is 10.7. The summed E-state index contributed by atoms with van der Waals surface area (Å²) in [6.07, 6.45) is -0.173. The fourth-order valence-corrected chi connectivity index (χ4v) is 3.30. The number of aromatic nitrogens is 2. The summed E-state index contributed by atoms with van der Waals surface area (Å²) in [5.74, 6) is -0.109. The molecule has 3 aromatic rings. The maximum absolute atomic E-state index is 13.2. The van der Waals surface area contributed by atoms with Crippen LogP contribution in [0.4, 0.5) is 13.2 Å². The number of ether oxygens (including phenoxy) is 2. The molecule has 6 nitrogen and oxygen atoms in total. The van der Waals surface area contributed by atoms with Crippen molar-refractivity contribution in [3.05, 3.63) is 71.7 Å². The lowest BCUT2D eigenvalue weighted by Gasteiger charge is -2.18. The summed E-state index contributed by atoms with van der Waals surface area (Å²) >= 11 is 0. The van der Waals surface area contributed by atoms with E-state index in [4.69, 9.17) is 14.6 Å². The van der Waals surface area contributed by atoms with E-state index in [9.17, 15) is 18.0 Å². The number of carboxylic acid groups (broad SMARTS) is 1. The van der Waals surface area contributed by atoms with Crippen LogP contribution in [0.3, 0.4) is 0 Å². The maximum Gasteiger partial charge on any atom is 0.417 e. The van der Waals surface area contributed by atoms with Gasteiger partial charge in [0.25, 0.3) is 0 Å². The average molecular weight is 474 g/mol. The van der Waals surface area contributed by atoms with E-state index in [1.807, 2.05) is 19.1 Å². The zero-order valence-corrected chi connectivity index (χ0v) is 18.8. The lowest BCUT2D eigenvalue weighted by molar-refractivity contribution is -0.138. The zero-order valence-electron chi connectivity index (χ0n) is 18.8. The molecule has 0 aliphatic heterocycles. The molecule has 2 aromatic heterocycles. The Kier molecular flexibility index (Phi) is 8.09. The van der Waals surface area contributed by atoms with Crippen molar-refractivity contribution in [2.45, 2.75) is 45.4 Å². The Morgan fingerprint density at radius 1 is 1.18 bits per heavy atom. The van der Waals surface area contributed by atoms with E-state index < -0.39 is 17.7 Å². The number of hydrogen-bond acceptors (Lipinski definition) is 5. The van der Waals surface area contributed by atoms with E-state index in [1.54, 1.807) is 25.1 Å². The van der Waals surface area contributed by atoms with Crippen LogP contribution in [0.1, 0.15) is 36.5 Å². The fraction of sp³-hybridized carbons (Fsp3) is 0.320. The minimum Gasteiger partial charge on any atom is -0.493 e. The molecule has 0 aliphatic rings. The van der Waals surface area contributed by atoms with Crippen molar-refractivity contribution in [1.82, 2.24) is 9.97 Å². The number of nitrogens with zero attached hydrogens (tertiary/aromatic N) is 2. The summed E-state index contributed by atoms with van der Waals surface area (Å²) in [5, 5.41) is 8.83. The van der Waals surface area contributed by atoms with Crippen molar-refractivity contribution in [1.29, 1.82) is 0 Å². The first-order chi connectivity index (χ1) is 16.1. The summed E-state index contributed by atoms with van der Waals surface area (Å²) < 4.78 is 51.2. The molecular weight excluding hydrogens is 449 g/mol. The molecule has 9 heteroatoms. The lowest BCUT2D eigenvalue weighted by atomic mass is 10.0. The molecule has 0 radical (unpaired) electrons. The van der Waals surface area contributed by atoms with Gasteiger partial charge in [-0.25, -0.2) is 4.98 Å². The summed E-state index contributed by atoms with van der Waals surface area (Å²) in [4.78, 5) is 18.7. The van der Waals surface area contributed by atoms with Gasteiger partial charge < -0.3 is 14.6 Å². The number of halogens is 3. The minimum absolute atomic E-state index is 0.0644. The summed E-state index contributed by atoms with van der Waals surface area (Å²) in [5.41, 5.74) is 1.71. The monoisotopic (exact) mass is 474 g/mol. The molecule has 0 fully saturated rings. The van der Waals surface area contributed by atoms with E-state index in [2.05, 4.69) is 9.97 Å². The molecule has 0 unspecified atom stereocenters. The highest BCUT2D eigenvalue weighted by Crippen LogP contribution is 2.36. The summed E-state index contributed by atoms with van der Waals surface area (Å²) in [6.45, 7) is 4.00. The van der Waals surface area contributed by atoms with Crippen LogP contribution in [0.5, 0.6) is 11.6 Å². The molecule has 0 saturated carbocycles. The number of rotatable bonds is 10. The number of aryl methyl sites for hydroxylation is 2. The highest BCUT2D eigenvalue weighted by Gasteiger charge is 2.32. The molecule has 1 N–H and O–H groups in total. The van der Waals surface area contributed by atoms with Crippen LogP contribution in [0.25, 0.3) is 11.1 Å². The van der Waals surface area contributed by atoms with Crippen molar-refractivity contribution in [3.8, 4) is 22.8 Å². The second kappa shape index (κ2) is 11.0. The van der Waals surface area contributed by atoms with Crippen LogP contribution in [0.15, 0.2) is 55.0 Å². The molecule has 0 spiro atoms. The van der Waals surface area contributed by atoms with Crippen LogP contribution in [0.2, 0.25) is 0 Å². The van der Waals surface area contributed by atoms with Crippen LogP contribution in [-0.4, -0.2) is 33.8 Å². The van der Waals surface area contributed by atoms with Crippen LogP contribution in [-0.2, 0) is 17.4 Å². The standard InChI is InChI=1S/C25H25F3N2O4/c1-16-12-21(7-5-18(16)6-8-23(31)32)33-11-9-17(2)34-24-22(19-4-3-10-29-14-19)13-20(15-30-24)25(26,27)28/h3-5,7,10,12-15,17H,6,8-9,11H2,1-2H3,(H,31,32)/t17-/m1/s1. The third kappa shape index (κ3) is 6.94. The number of benzene rings is 1. The molecule has 0 saturated heterocycles. The Labute approximate surface area is 195 Å². The van der Waals surface area contributed by atoms with Gasteiger partial charge in [-0.15, -0.1) is 0 Å². The Morgan fingerprint density at radius 3 is 2.62 bits per heavy atom. The van der Waals surface area contributed by atoms with Gasteiger partial charge in [-0.1, -0.05) is 12.1 Å². The molecule has 1 aromatic carbocycles. The molecule has 180 valence electrons. The van der Waals surface area contributed by atoms with Crippen molar-refractivity contribution < 1.29 is 32.5 Å². The predicted molar refractivity (Wildman–Crippen MR) is 120 cm³/mol. The number of carbonyl (C=O) groups is 1. The first kappa shape index (κ1) is 25.0. The normalized spacial score (nSPS) is 12.3. The molecule has 2 heterocycles. The van der Waals surface area contributed by atoms with Crippen molar-refractivity contribution >= 4 is 5.97 Å². The SMILES string of the molecule is Cc1cc(OCC[C@@H](C)Oc2ncc(C(F)(F)F)cc2-c2cccnc2)ccc1CCC(=O)O. The van der Waals surface area contributed by atoms with Crippen molar-refractivity contribution in [2.24, 2.45) is 0 Å². The quantitative estimate of drug-likeness (QED) is 0.405. The number of aliphatic carboxylic acids is 1. The number of pyridine rings is 2. The van der Waals surface area contributed by atoms with E-state index in [-0.39, 0.29) is 24.0 Å². The third-order valence-electron chi connectivity index (χ3n) is 5.18. The van der Waals surface area contributed by atoms with Gasteiger partial charge >= 0.3 is 12.1 Å². The highest BCUT2D eigenvalue weighted by molar-refractivity contribution is 5.68. The minimum atomic E-state index is -4.52. The fourth-order valence-electron chi connectivity index (χ4n) is 3.30. The maximum atomic E-state index is 13.2. The number of alkyl halides is 3. The number of carboxylic acids is 1. The molecule has 34 heavy (non-hydrogen) atoms. The highest BCUT2D eigenvalue weighted by atomic mass is 19.4. The zero-order chi connectivity index (χ0) is 24.7. The second-order valence-corrected chi connectivity index (χ2v) is 7.86. The number of hydrogen-bond donors (Lipinski definition) is 1. The molecule has 0 bridgehead atoms. The van der Waals surface area contributed by atoms with Gasteiger partial charge in [0.1, 0.15) is 11.9 Å². The Morgan fingerprint density at radius 2 is 1.97 bits per heavy atom. The van der Waals surface area contributed by atoms with Crippen LogP contribution in [0, 0.1) is 6.92 Å². The van der Waals surface area contributed by atoms with Crippen molar-refractivity contribution in [3.63, 3.8) is 0 Å². The van der Waals surface area contributed by atoms with E-state index in [0.29, 0.717) is 30.8 Å². The van der Waals surface area contributed by atoms with E-state index in [0.717, 1.165) is 23.4 Å². The Balaban J connectivity index is 1.63. The average Bonchev–Trinajstić information content (AvgIpc) is 2.78. The summed E-state index contributed by atoms with van der Waals surface area (Å²) in [6, 6.07) is 9.77. The van der Waals surface area contributed by atoms with Crippen LogP contribution < -0.4 is 9.47 Å². The van der Waals surface area contributed by atoms with Gasteiger partial charge in [-0.3, -0.25) is 9.78 Å². The van der Waals surface area contributed by atoms with Crippen molar-refractivity contribution in [2.75, 3.05) is 6.61 Å². The van der Waals surface area contributed by atoms with Gasteiger partial charge in [0.15, 0.2) is 0 Å². The smallest absolute Gasteiger partial charge is 0.417 e. The lowest BCUT2D eigenvalue weighted by Crippen LogP contribution is -2.17.